The quantitative estimate of drug-likeness (QED) is 0.461. The van der Waals surface area contributed by atoms with Gasteiger partial charge >= 0.3 is 0 Å². The Morgan fingerprint density at radius 2 is 2.09 bits per heavy atom. The fourth-order valence-corrected chi connectivity index (χ4v) is 4.46. The minimum Gasteiger partial charge on any atom is -0.351 e. The van der Waals surface area contributed by atoms with Crippen LogP contribution < -0.4 is 0 Å². The first-order chi connectivity index (χ1) is 15.7. The van der Waals surface area contributed by atoms with Crippen LogP contribution in [0, 0.1) is 11.3 Å². The van der Waals surface area contributed by atoms with Crippen LogP contribution in [-0.2, 0) is 5.54 Å². The fourth-order valence-electron chi connectivity index (χ4n) is 4.46. The molecule has 1 aliphatic heterocycles. The van der Waals surface area contributed by atoms with Crippen LogP contribution in [0.1, 0.15) is 16.9 Å². The Bertz CT molecular complexity index is 1480. The highest BCUT2D eigenvalue weighted by atomic mass is 16.2. The van der Waals surface area contributed by atoms with Gasteiger partial charge < -0.3 is 14.9 Å². The molecule has 6 rings (SSSR count). The highest BCUT2D eigenvalue weighted by Crippen LogP contribution is 2.35. The van der Waals surface area contributed by atoms with Gasteiger partial charge in [-0.2, -0.15) is 10.4 Å². The third kappa shape index (κ3) is 2.70. The number of likely N-dealkylation sites (tertiary alicyclic amines) is 1. The lowest BCUT2D eigenvalue weighted by atomic mass is 9.86. The van der Waals surface area contributed by atoms with E-state index in [9.17, 15) is 10.1 Å². The average Bonchev–Trinajstić information content (AvgIpc) is 3.54. The second-order valence-electron chi connectivity index (χ2n) is 8.13. The monoisotopic (exact) mass is 422 g/mol. The van der Waals surface area contributed by atoms with Crippen LogP contribution in [0.4, 0.5) is 0 Å². The molecule has 4 aromatic heterocycles. The third-order valence-electron chi connectivity index (χ3n) is 6.12. The van der Waals surface area contributed by atoms with Crippen LogP contribution in [0.2, 0.25) is 0 Å². The molecular weight excluding hydrogens is 404 g/mol. The third-order valence-corrected chi connectivity index (χ3v) is 6.12. The summed E-state index contributed by atoms with van der Waals surface area (Å²) in [5.74, 6) is -0.0769. The Balaban J connectivity index is 1.28. The standard InChI is InChI=1S/C23H18N8O/c24-7-6-23(12-30(13-23)22(32)19-9-15-3-1-2-4-18(15)29-19)31-11-16(10-28-31)20-17-5-8-25-21(17)27-14-26-20/h1-5,8-11,14,29H,6,12-13H2,(H,25,26,27). The maximum Gasteiger partial charge on any atom is 0.270 e. The minimum absolute atomic E-state index is 0.0769. The molecule has 0 atom stereocenters. The predicted molar refractivity (Wildman–Crippen MR) is 118 cm³/mol. The molecule has 0 saturated carbocycles. The molecule has 1 amide bonds. The number of nitriles is 1. The molecule has 0 radical (unpaired) electrons. The van der Waals surface area contributed by atoms with E-state index in [2.05, 4.69) is 31.1 Å². The van der Waals surface area contributed by atoms with Gasteiger partial charge in [0.05, 0.1) is 24.4 Å². The summed E-state index contributed by atoms with van der Waals surface area (Å²) >= 11 is 0. The van der Waals surface area contributed by atoms with Gasteiger partial charge in [0.15, 0.2) is 0 Å². The molecule has 0 spiro atoms. The van der Waals surface area contributed by atoms with Crippen molar-refractivity contribution in [3.63, 3.8) is 0 Å². The smallest absolute Gasteiger partial charge is 0.270 e. The minimum atomic E-state index is -0.557. The molecule has 1 fully saturated rings. The molecule has 0 bridgehead atoms. The molecule has 5 heterocycles. The highest BCUT2D eigenvalue weighted by Gasteiger charge is 2.48. The van der Waals surface area contributed by atoms with Crippen molar-refractivity contribution in [2.24, 2.45) is 0 Å². The first-order valence-electron chi connectivity index (χ1n) is 10.2. The summed E-state index contributed by atoms with van der Waals surface area (Å²) in [6, 6.07) is 13.9. The molecule has 0 aliphatic carbocycles. The molecule has 32 heavy (non-hydrogen) atoms. The largest absolute Gasteiger partial charge is 0.351 e. The second kappa shape index (κ2) is 6.78. The van der Waals surface area contributed by atoms with Crippen molar-refractivity contribution in [1.82, 2.24) is 34.6 Å². The van der Waals surface area contributed by atoms with Gasteiger partial charge in [-0.1, -0.05) is 18.2 Å². The Hall–Kier alpha value is -4.45. The number of fused-ring (bicyclic) bond motifs is 2. The number of benzene rings is 1. The zero-order valence-electron chi connectivity index (χ0n) is 17.0. The zero-order chi connectivity index (χ0) is 21.7. The van der Waals surface area contributed by atoms with E-state index in [4.69, 9.17) is 0 Å². The van der Waals surface area contributed by atoms with Crippen molar-refractivity contribution >= 4 is 27.8 Å². The van der Waals surface area contributed by atoms with Crippen molar-refractivity contribution in [3.8, 4) is 17.3 Å². The number of aromatic amines is 2. The van der Waals surface area contributed by atoms with Gasteiger partial charge in [0.2, 0.25) is 0 Å². The molecule has 1 aliphatic rings. The first-order valence-corrected chi connectivity index (χ1v) is 10.2. The summed E-state index contributed by atoms with van der Waals surface area (Å²) in [4.78, 5) is 29.7. The van der Waals surface area contributed by atoms with Crippen LogP contribution >= 0.6 is 0 Å². The van der Waals surface area contributed by atoms with Crippen molar-refractivity contribution in [2.45, 2.75) is 12.0 Å². The molecule has 1 aromatic carbocycles. The number of hydrogen-bond donors (Lipinski definition) is 2. The van der Waals surface area contributed by atoms with E-state index in [1.165, 1.54) is 6.33 Å². The molecule has 156 valence electrons. The Labute approximate surface area is 182 Å². The maximum atomic E-state index is 13.0. The number of nitrogens with one attached hydrogen (secondary N) is 2. The van der Waals surface area contributed by atoms with Crippen LogP contribution in [0.15, 0.2) is 61.3 Å². The van der Waals surface area contributed by atoms with Crippen LogP contribution in [0.5, 0.6) is 0 Å². The van der Waals surface area contributed by atoms with Gasteiger partial charge in [-0.25, -0.2) is 9.97 Å². The van der Waals surface area contributed by atoms with Gasteiger partial charge in [0.1, 0.15) is 23.2 Å². The second-order valence-corrected chi connectivity index (χ2v) is 8.13. The summed E-state index contributed by atoms with van der Waals surface area (Å²) in [6.45, 7) is 0.832. The van der Waals surface area contributed by atoms with E-state index >= 15 is 0 Å². The van der Waals surface area contributed by atoms with Gasteiger partial charge in [-0.3, -0.25) is 9.48 Å². The number of hydrogen-bond acceptors (Lipinski definition) is 5. The van der Waals surface area contributed by atoms with E-state index in [1.54, 1.807) is 15.8 Å². The van der Waals surface area contributed by atoms with Crippen LogP contribution in [0.3, 0.4) is 0 Å². The summed E-state index contributed by atoms with van der Waals surface area (Å²) in [5, 5.41) is 15.9. The number of nitrogens with zero attached hydrogens (tertiary/aromatic N) is 6. The Morgan fingerprint density at radius 3 is 2.94 bits per heavy atom. The lowest BCUT2D eigenvalue weighted by Gasteiger charge is -2.48. The SMILES string of the molecule is N#CCC1(n2cc(-c3ncnc4[nH]ccc34)cn2)CN(C(=O)c2cc3ccccc3[nH]2)C1. The summed E-state index contributed by atoms with van der Waals surface area (Å²) in [5.41, 5.74) is 3.30. The van der Waals surface area contributed by atoms with Crippen LogP contribution in [0.25, 0.3) is 33.2 Å². The molecule has 0 unspecified atom stereocenters. The zero-order valence-corrected chi connectivity index (χ0v) is 17.0. The molecule has 5 aromatic rings. The Morgan fingerprint density at radius 1 is 1.22 bits per heavy atom. The average molecular weight is 422 g/mol. The van der Waals surface area contributed by atoms with E-state index in [-0.39, 0.29) is 12.3 Å². The number of carbonyl (C=O) groups is 1. The van der Waals surface area contributed by atoms with Gasteiger partial charge in [-0.15, -0.1) is 0 Å². The van der Waals surface area contributed by atoms with Crippen molar-refractivity contribution in [3.05, 3.63) is 67.0 Å². The summed E-state index contributed by atoms with van der Waals surface area (Å²) in [7, 11) is 0. The lowest BCUT2D eigenvalue weighted by molar-refractivity contribution is 0.00820. The van der Waals surface area contributed by atoms with E-state index < -0.39 is 5.54 Å². The van der Waals surface area contributed by atoms with Crippen molar-refractivity contribution in [2.75, 3.05) is 13.1 Å². The lowest BCUT2D eigenvalue weighted by Crippen LogP contribution is -2.64. The number of rotatable bonds is 4. The van der Waals surface area contributed by atoms with Crippen LogP contribution in [-0.4, -0.2) is 53.6 Å². The summed E-state index contributed by atoms with van der Waals surface area (Å²) in [6.07, 6.45) is 7.24. The first kappa shape index (κ1) is 18.3. The molecule has 9 nitrogen and oxygen atoms in total. The predicted octanol–water partition coefficient (Wildman–Crippen LogP) is 3.07. The molecule has 1 saturated heterocycles. The number of carbonyl (C=O) groups excluding carboxylic acids is 1. The van der Waals surface area contributed by atoms with Crippen molar-refractivity contribution in [1.29, 1.82) is 5.26 Å². The molecule has 2 N–H and O–H groups in total. The number of amides is 1. The summed E-state index contributed by atoms with van der Waals surface area (Å²) < 4.78 is 1.81. The van der Waals surface area contributed by atoms with Gasteiger partial charge in [-0.05, 0) is 18.2 Å². The van der Waals surface area contributed by atoms with E-state index in [0.29, 0.717) is 18.8 Å². The molecular formula is C23H18N8O. The number of aromatic nitrogens is 6. The fraction of sp³-hybridized carbons (Fsp3) is 0.174. The molecule has 9 heteroatoms. The number of H-pyrrole nitrogens is 2. The van der Waals surface area contributed by atoms with Gasteiger partial charge in [0.25, 0.3) is 5.91 Å². The topological polar surface area (TPSA) is 119 Å². The van der Waals surface area contributed by atoms with E-state index in [1.807, 2.05) is 48.8 Å². The normalized spacial score (nSPS) is 15.0. The highest BCUT2D eigenvalue weighted by molar-refractivity contribution is 5.98. The maximum absolute atomic E-state index is 13.0. The van der Waals surface area contributed by atoms with Crippen molar-refractivity contribution < 1.29 is 4.79 Å². The Kier molecular flexibility index (Phi) is 3.89. The van der Waals surface area contributed by atoms with Gasteiger partial charge in [0, 0.05) is 47.3 Å². The van der Waals surface area contributed by atoms with E-state index in [0.717, 1.165) is 33.2 Å². The number of para-hydroxylation sites is 1.